The van der Waals surface area contributed by atoms with Crippen LogP contribution in [0.15, 0.2) is 40.9 Å². The van der Waals surface area contributed by atoms with Crippen LogP contribution in [0, 0.1) is 6.42 Å². The smallest absolute Gasteiger partial charge is 0.249 e. The number of likely N-dealkylation sites (tertiary alicyclic amines) is 1. The van der Waals surface area contributed by atoms with E-state index < -0.39 is 28.0 Å². The molecule has 2 aromatic rings. The third-order valence-corrected chi connectivity index (χ3v) is 8.17. The molecule has 30 heavy (non-hydrogen) atoms. The first-order valence-electron chi connectivity index (χ1n) is 9.25. The molecule has 11 heteroatoms. The second-order valence-corrected chi connectivity index (χ2v) is 9.96. The molecule has 2 aliphatic rings. The number of pyridine rings is 1. The Bertz CT molecular complexity index is 1100. The Hall–Kier alpha value is -2.63. The lowest BCUT2D eigenvalue weighted by molar-refractivity contribution is -0.133. The van der Waals surface area contributed by atoms with Crippen molar-refractivity contribution in [3.05, 3.63) is 52.8 Å². The number of primary amides is 1. The van der Waals surface area contributed by atoms with Crippen molar-refractivity contribution in [3.8, 4) is 0 Å². The summed E-state index contributed by atoms with van der Waals surface area (Å²) in [6.07, 6.45) is 4.72. The number of nitrogens with two attached hydrogens (primary N) is 1. The summed E-state index contributed by atoms with van der Waals surface area (Å²) in [6.45, 7) is 0.00960. The molecule has 0 saturated carbocycles. The predicted octanol–water partition coefficient (Wildman–Crippen LogP) is 0.232. The van der Waals surface area contributed by atoms with Gasteiger partial charge >= 0.3 is 0 Å². The summed E-state index contributed by atoms with van der Waals surface area (Å²) in [6, 6.07) is 3.16. The molecule has 2 fully saturated rings. The number of rotatable bonds is 6. The molecule has 9 nitrogen and oxygen atoms in total. The Morgan fingerprint density at radius 1 is 1.33 bits per heavy atom. The standard InChI is InChI=1S/C19H19N4O5S2/c20-19(26)13-6-9-29-16(13)3-4-17(25)22-8-5-14-18(22)15(24)11-23(14)30(27,28)12-2-1-7-21-10-12/h1-2,4,6-7,9-10,14,18H,3,5,8,11H2,(H2,20,26). The molecule has 2 aromatic heterocycles. The average Bonchev–Trinajstić information content (AvgIpc) is 3.43. The van der Waals surface area contributed by atoms with Gasteiger partial charge < -0.3 is 10.6 Å². The number of amides is 2. The SMILES string of the molecule is NC(=O)c1ccsc1C[CH]C(=O)N1CCC2C1C(=O)CN2S(=O)(=O)c1cccnc1. The summed E-state index contributed by atoms with van der Waals surface area (Å²) in [5.74, 6) is -1.23. The number of carbonyl (C=O) groups is 3. The van der Waals surface area contributed by atoms with Crippen LogP contribution >= 0.6 is 11.3 Å². The summed E-state index contributed by atoms with van der Waals surface area (Å²) in [5.41, 5.74) is 5.70. The third-order valence-electron chi connectivity index (χ3n) is 5.37. The van der Waals surface area contributed by atoms with E-state index in [1.165, 1.54) is 51.5 Å². The van der Waals surface area contributed by atoms with Crippen LogP contribution in [0.3, 0.4) is 0 Å². The average molecular weight is 448 g/mol. The molecule has 2 amide bonds. The van der Waals surface area contributed by atoms with Crippen molar-refractivity contribution < 1.29 is 22.8 Å². The molecule has 2 aliphatic heterocycles. The van der Waals surface area contributed by atoms with Crippen molar-refractivity contribution in [1.29, 1.82) is 0 Å². The molecule has 4 rings (SSSR count). The summed E-state index contributed by atoms with van der Waals surface area (Å²) in [4.78, 5) is 42.8. The number of fused-ring (bicyclic) bond motifs is 1. The van der Waals surface area contributed by atoms with Crippen LogP contribution in [0.4, 0.5) is 0 Å². The number of thiophene rings is 1. The molecule has 1 radical (unpaired) electrons. The van der Waals surface area contributed by atoms with Crippen LogP contribution in [0.25, 0.3) is 0 Å². The van der Waals surface area contributed by atoms with Crippen molar-refractivity contribution in [3.63, 3.8) is 0 Å². The number of carbonyl (C=O) groups excluding carboxylic acids is 3. The number of nitrogens with zero attached hydrogens (tertiary/aromatic N) is 3. The fourth-order valence-corrected chi connectivity index (χ4v) is 6.42. The first kappa shape index (κ1) is 20.6. The Morgan fingerprint density at radius 3 is 2.83 bits per heavy atom. The van der Waals surface area contributed by atoms with Crippen molar-refractivity contribution in [2.75, 3.05) is 13.1 Å². The minimum Gasteiger partial charge on any atom is -0.366 e. The van der Waals surface area contributed by atoms with Gasteiger partial charge in [0.1, 0.15) is 10.9 Å². The van der Waals surface area contributed by atoms with E-state index in [4.69, 9.17) is 5.73 Å². The number of hydrogen-bond acceptors (Lipinski definition) is 7. The van der Waals surface area contributed by atoms with Crippen LogP contribution in [0.1, 0.15) is 21.7 Å². The van der Waals surface area contributed by atoms with Gasteiger partial charge in [-0.3, -0.25) is 19.4 Å². The Morgan fingerprint density at radius 2 is 2.13 bits per heavy atom. The topological polar surface area (TPSA) is 131 Å². The van der Waals surface area contributed by atoms with E-state index in [0.29, 0.717) is 16.9 Å². The highest BCUT2D eigenvalue weighted by Gasteiger charge is 2.53. The zero-order valence-corrected chi connectivity index (χ0v) is 17.4. The van der Waals surface area contributed by atoms with E-state index in [1.54, 1.807) is 11.4 Å². The molecular formula is C19H19N4O5S2. The van der Waals surface area contributed by atoms with Crippen molar-refractivity contribution in [2.45, 2.75) is 29.8 Å². The largest absolute Gasteiger partial charge is 0.366 e. The first-order valence-corrected chi connectivity index (χ1v) is 11.6. The van der Waals surface area contributed by atoms with Crippen LogP contribution in [-0.2, 0) is 26.0 Å². The first-order chi connectivity index (χ1) is 14.3. The molecule has 0 bridgehead atoms. The Kier molecular flexibility index (Phi) is 5.43. The number of aromatic nitrogens is 1. The van der Waals surface area contributed by atoms with Crippen LogP contribution in [-0.4, -0.2) is 65.4 Å². The highest BCUT2D eigenvalue weighted by Crippen LogP contribution is 2.34. The van der Waals surface area contributed by atoms with Crippen molar-refractivity contribution >= 4 is 39.0 Å². The van der Waals surface area contributed by atoms with E-state index in [-0.39, 0.29) is 36.1 Å². The number of ketones is 1. The maximum absolute atomic E-state index is 13.0. The fourth-order valence-electron chi connectivity index (χ4n) is 3.99. The summed E-state index contributed by atoms with van der Waals surface area (Å²) >= 11 is 1.32. The second kappa shape index (κ2) is 7.89. The van der Waals surface area contributed by atoms with Gasteiger partial charge in [-0.2, -0.15) is 4.31 Å². The lowest BCUT2D eigenvalue weighted by Gasteiger charge is -2.24. The van der Waals surface area contributed by atoms with Crippen molar-refractivity contribution in [2.24, 2.45) is 5.73 Å². The van der Waals surface area contributed by atoms with Gasteiger partial charge in [0.2, 0.25) is 21.8 Å². The van der Waals surface area contributed by atoms with Crippen molar-refractivity contribution in [1.82, 2.24) is 14.2 Å². The van der Waals surface area contributed by atoms with Gasteiger partial charge in [0.25, 0.3) is 0 Å². The Balaban J connectivity index is 1.48. The number of hydrogen-bond donors (Lipinski definition) is 1. The minimum absolute atomic E-state index is 0.0199. The minimum atomic E-state index is -3.89. The highest BCUT2D eigenvalue weighted by atomic mass is 32.2. The van der Waals surface area contributed by atoms with Gasteiger partial charge in [0, 0.05) is 23.8 Å². The van der Waals surface area contributed by atoms with Crippen LogP contribution in [0.2, 0.25) is 0 Å². The molecule has 157 valence electrons. The maximum Gasteiger partial charge on any atom is 0.249 e. The molecule has 2 atom stereocenters. The summed E-state index contributed by atoms with van der Waals surface area (Å²) in [7, 11) is -3.89. The number of Topliss-reactive ketones (excluding diaryl/α,β-unsaturated/α-hetero) is 1. The van der Waals surface area contributed by atoms with E-state index in [9.17, 15) is 22.8 Å². The zero-order chi connectivity index (χ0) is 21.5. The molecule has 2 N–H and O–H groups in total. The quantitative estimate of drug-likeness (QED) is 0.675. The highest BCUT2D eigenvalue weighted by molar-refractivity contribution is 7.89. The lowest BCUT2D eigenvalue weighted by Crippen LogP contribution is -2.43. The maximum atomic E-state index is 13.0. The van der Waals surface area contributed by atoms with E-state index in [0.717, 1.165) is 0 Å². The normalized spacial score (nSPS) is 21.7. The second-order valence-electron chi connectivity index (χ2n) is 7.07. The molecule has 2 unspecified atom stereocenters. The Labute approximate surface area is 177 Å². The molecular weight excluding hydrogens is 428 g/mol. The van der Waals surface area contributed by atoms with Gasteiger partial charge in [-0.25, -0.2) is 8.42 Å². The van der Waals surface area contributed by atoms with Gasteiger partial charge in [-0.15, -0.1) is 11.3 Å². The van der Waals surface area contributed by atoms with E-state index in [1.807, 2.05) is 0 Å². The third kappa shape index (κ3) is 3.53. The molecule has 0 aliphatic carbocycles. The van der Waals surface area contributed by atoms with E-state index in [2.05, 4.69) is 4.98 Å². The molecule has 2 saturated heterocycles. The number of sulfonamides is 1. The van der Waals surface area contributed by atoms with Gasteiger partial charge in [0.05, 0.1) is 24.6 Å². The van der Waals surface area contributed by atoms with Gasteiger partial charge in [-0.1, -0.05) is 0 Å². The van der Waals surface area contributed by atoms with E-state index >= 15 is 0 Å². The molecule has 0 aromatic carbocycles. The van der Waals surface area contributed by atoms with Crippen LogP contribution in [0.5, 0.6) is 0 Å². The summed E-state index contributed by atoms with van der Waals surface area (Å²) < 4.78 is 27.1. The lowest BCUT2D eigenvalue weighted by atomic mass is 10.1. The molecule has 0 spiro atoms. The fraction of sp³-hybridized carbons (Fsp3) is 0.316. The summed E-state index contributed by atoms with van der Waals surface area (Å²) in [5, 5.41) is 1.72. The predicted molar refractivity (Wildman–Crippen MR) is 108 cm³/mol. The zero-order valence-electron chi connectivity index (χ0n) is 15.8. The molecule has 4 heterocycles. The van der Waals surface area contributed by atoms with Crippen LogP contribution < -0.4 is 5.73 Å². The van der Waals surface area contributed by atoms with Gasteiger partial charge in [-0.05, 0) is 36.4 Å². The van der Waals surface area contributed by atoms with Gasteiger partial charge in [0.15, 0.2) is 5.78 Å². The monoisotopic (exact) mass is 447 g/mol.